The Kier molecular flexibility index (Phi) is 11.6. The van der Waals surface area contributed by atoms with Gasteiger partial charge in [0.1, 0.15) is 11.9 Å². The number of nitrogens with one attached hydrogen (secondary N) is 3. The Labute approximate surface area is 374 Å². The molecule has 9 rings (SSSR count). The van der Waals surface area contributed by atoms with Gasteiger partial charge >= 0.3 is 0 Å². The highest BCUT2D eigenvalue weighted by atomic mass is 35.5. The van der Waals surface area contributed by atoms with Crippen LogP contribution in [0, 0.1) is 17.2 Å². The van der Waals surface area contributed by atoms with Crippen LogP contribution >= 0.6 is 11.6 Å². The number of amides is 5. The van der Waals surface area contributed by atoms with Crippen LogP contribution in [0.4, 0.5) is 27.3 Å². The molecule has 6 heterocycles. The summed E-state index contributed by atoms with van der Waals surface area (Å²) in [7, 11) is 1.46. The van der Waals surface area contributed by atoms with E-state index in [4.69, 9.17) is 16.3 Å². The molecule has 336 valence electrons. The van der Waals surface area contributed by atoms with E-state index in [1.807, 2.05) is 26.0 Å². The summed E-state index contributed by atoms with van der Waals surface area (Å²) in [5, 5.41) is 8.33. The van der Waals surface area contributed by atoms with Gasteiger partial charge in [-0.3, -0.25) is 43.9 Å². The van der Waals surface area contributed by atoms with Gasteiger partial charge in [0.2, 0.25) is 11.8 Å². The zero-order valence-electron chi connectivity index (χ0n) is 36.0. The SMILES string of the molecule is CNC(=O)COc1cc2c(F)c(Nc3cc(N4CCN(CC5CCC6(CC5)CN(c5cccc7c5C(=O)N(C5CCC(=O)NC5=O)C7=O)C6)CC4)ncc3Cl)ccc2n(C(C)C)c1=O. The Bertz CT molecular complexity index is 2630. The van der Waals surface area contributed by atoms with Gasteiger partial charge in [0, 0.05) is 82.2 Å². The number of fused-ring (bicyclic) bond motifs is 2. The average Bonchev–Trinajstić information content (AvgIpc) is 3.52. The lowest BCUT2D eigenvalue weighted by Crippen LogP contribution is -2.58. The van der Waals surface area contributed by atoms with E-state index < -0.39 is 47.0 Å². The molecule has 5 aliphatic rings. The number of carbonyl (C=O) groups excluding carboxylic acids is 5. The first kappa shape index (κ1) is 43.2. The van der Waals surface area contributed by atoms with Gasteiger partial charge in [-0.25, -0.2) is 9.37 Å². The zero-order valence-corrected chi connectivity index (χ0v) is 36.8. The van der Waals surface area contributed by atoms with Crippen molar-refractivity contribution in [1.29, 1.82) is 0 Å². The van der Waals surface area contributed by atoms with E-state index in [1.54, 1.807) is 30.5 Å². The van der Waals surface area contributed by atoms with Crippen molar-refractivity contribution in [2.45, 2.75) is 64.5 Å². The summed E-state index contributed by atoms with van der Waals surface area (Å²) < 4.78 is 23.2. The quantitative estimate of drug-likeness (QED) is 0.175. The molecule has 1 aliphatic carbocycles. The number of halogens is 2. The third kappa shape index (κ3) is 7.92. The van der Waals surface area contributed by atoms with E-state index in [0.29, 0.717) is 33.3 Å². The lowest BCUT2D eigenvalue weighted by atomic mass is 9.65. The normalized spacial score (nSPS) is 20.2. The number of benzene rings is 2. The maximum absolute atomic E-state index is 16.3. The number of hydrogen-bond acceptors (Lipinski definition) is 12. The van der Waals surface area contributed by atoms with Crippen molar-refractivity contribution in [3.8, 4) is 5.75 Å². The van der Waals surface area contributed by atoms with Gasteiger partial charge in [-0.1, -0.05) is 17.7 Å². The topological polar surface area (TPSA) is 179 Å². The van der Waals surface area contributed by atoms with E-state index in [9.17, 15) is 28.8 Å². The first-order valence-corrected chi connectivity index (χ1v) is 22.3. The maximum atomic E-state index is 16.3. The van der Waals surface area contributed by atoms with Crippen molar-refractivity contribution in [3.63, 3.8) is 0 Å². The number of carbonyl (C=O) groups is 5. The Balaban J connectivity index is 0.788. The van der Waals surface area contributed by atoms with Crippen molar-refractivity contribution < 1.29 is 33.1 Å². The molecular formula is C46H51ClFN9O7. The molecule has 4 fully saturated rings. The molecule has 3 N–H and O–H groups in total. The monoisotopic (exact) mass is 895 g/mol. The Morgan fingerprint density at radius 3 is 2.42 bits per heavy atom. The van der Waals surface area contributed by atoms with Crippen LogP contribution in [0.3, 0.4) is 0 Å². The van der Waals surface area contributed by atoms with E-state index in [-0.39, 0.29) is 47.7 Å². The summed E-state index contributed by atoms with van der Waals surface area (Å²) in [6.07, 6.45) is 6.16. The lowest BCUT2D eigenvalue weighted by Gasteiger charge is -2.55. The molecule has 1 unspecified atom stereocenters. The molecule has 18 heteroatoms. The summed E-state index contributed by atoms with van der Waals surface area (Å²) in [4.78, 5) is 89.0. The maximum Gasteiger partial charge on any atom is 0.293 e. The van der Waals surface area contributed by atoms with Crippen LogP contribution in [-0.4, -0.2) is 114 Å². The molecule has 4 aliphatic heterocycles. The second kappa shape index (κ2) is 17.1. The van der Waals surface area contributed by atoms with Crippen molar-refractivity contribution in [2.75, 3.05) is 74.6 Å². The van der Waals surface area contributed by atoms with Crippen molar-refractivity contribution in [3.05, 3.63) is 81.0 Å². The molecule has 3 saturated heterocycles. The molecule has 2 aromatic carbocycles. The van der Waals surface area contributed by atoms with Crippen molar-refractivity contribution in [1.82, 2.24) is 30.0 Å². The lowest BCUT2D eigenvalue weighted by molar-refractivity contribution is -0.136. The minimum atomic E-state index is -0.992. The molecular weight excluding hydrogens is 845 g/mol. The summed E-state index contributed by atoms with van der Waals surface area (Å²) in [5.74, 6) is -1.83. The number of aromatic nitrogens is 2. The largest absolute Gasteiger partial charge is 0.478 e. The molecule has 2 aromatic heterocycles. The summed E-state index contributed by atoms with van der Waals surface area (Å²) >= 11 is 6.60. The molecule has 1 spiro atoms. The molecule has 16 nitrogen and oxygen atoms in total. The van der Waals surface area contributed by atoms with E-state index >= 15 is 4.39 Å². The highest BCUT2D eigenvalue weighted by Crippen LogP contribution is 2.49. The molecule has 5 amide bonds. The smallest absolute Gasteiger partial charge is 0.293 e. The molecule has 64 heavy (non-hydrogen) atoms. The summed E-state index contributed by atoms with van der Waals surface area (Å²) in [6, 6.07) is 10.4. The number of hydrogen-bond donors (Lipinski definition) is 3. The molecule has 0 bridgehead atoms. The average molecular weight is 896 g/mol. The number of piperidine rings is 1. The molecule has 1 saturated carbocycles. The van der Waals surface area contributed by atoms with Crippen LogP contribution < -0.4 is 36.0 Å². The van der Waals surface area contributed by atoms with Crippen LogP contribution in [0.25, 0.3) is 10.9 Å². The Morgan fingerprint density at radius 2 is 1.72 bits per heavy atom. The molecule has 1 atom stereocenters. The predicted molar refractivity (Wildman–Crippen MR) is 239 cm³/mol. The van der Waals surface area contributed by atoms with Crippen LogP contribution in [-0.2, 0) is 14.4 Å². The van der Waals surface area contributed by atoms with Crippen LogP contribution in [0.2, 0.25) is 5.02 Å². The third-order valence-electron chi connectivity index (χ3n) is 13.6. The van der Waals surface area contributed by atoms with Crippen molar-refractivity contribution in [2.24, 2.45) is 11.3 Å². The first-order chi connectivity index (χ1) is 30.7. The van der Waals surface area contributed by atoms with Gasteiger partial charge in [-0.15, -0.1) is 0 Å². The summed E-state index contributed by atoms with van der Waals surface area (Å²) in [6.45, 7) is 9.14. The fourth-order valence-electron chi connectivity index (χ4n) is 10.1. The number of nitrogens with zero attached hydrogens (tertiary/aromatic N) is 6. The number of pyridine rings is 2. The van der Waals surface area contributed by atoms with Crippen LogP contribution in [0.1, 0.15) is 79.1 Å². The van der Waals surface area contributed by atoms with Gasteiger partial charge in [0.05, 0.1) is 44.9 Å². The highest BCUT2D eigenvalue weighted by Gasteiger charge is 2.50. The zero-order chi connectivity index (χ0) is 45.0. The molecule has 0 radical (unpaired) electrons. The van der Waals surface area contributed by atoms with Gasteiger partial charge in [0.15, 0.2) is 18.2 Å². The standard InChI is InChI=1S/C46H51ClFN9O7/c1-26(2)56-33-8-7-31(41(48)29(33)19-36(44(56)62)64-23-39(59)49-3)51-32-20-37(50-21-30(32)47)54-17-15-53(16-18-54)22-27-11-13-46(14-12-27)24-55(25-46)34-6-4-5-28-40(34)45(63)57(43(28)61)35-9-10-38(58)52-42(35)60/h4-8,19-21,26-27,35H,9-18,22-25H2,1-3H3,(H,49,59)(H,50,51)(H,52,58,60). The van der Waals surface area contributed by atoms with Gasteiger partial charge in [0.25, 0.3) is 23.3 Å². The van der Waals surface area contributed by atoms with E-state index in [0.717, 1.165) is 87.9 Å². The number of ether oxygens (including phenoxy) is 1. The minimum Gasteiger partial charge on any atom is -0.478 e. The number of rotatable bonds is 11. The van der Waals surface area contributed by atoms with E-state index in [2.05, 4.69) is 35.6 Å². The molecule has 4 aromatic rings. The fraction of sp³-hybridized carbons (Fsp3) is 0.457. The summed E-state index contributed by atoms with van der Waals surface area (Å²) in [5.41, 5.74) is 2.12. The van der Waals surface area contributed by atoms with Gasteiger partial charge in [-0.2, -0.15) is 0 Å². The fourth-order valence-corrected chi connectivity index (χ4v) is 10.3. The number of anilines is 4. The van der Waals surface area contributed by atoms with Crippen molar-refractivity contribution >= 4 is 74.9 Å². The third-order valence-corrected chi connectivity index (χ3v) is 13.9. The van der Waals surface area contributed by atoms with Crippen LogP contribution in [0.5, 0.6) is 5.75 Å². The minimum absolute atomic E-state index is 0.0806. The first-order valence-electron chi connectivity index (χ1n) is 21.9. The highest BCUT2D eigenvalue weighted by molar-refractivity contribution is 6.33. The second-order valence-electron chi connectivity index (χ2n) is 18.0. The van der Waals surface area contributed by atoms with Gasteiger partial charge < -0.3 is 29.7 Å². The number of imide groups is 2. The van der Waals surface area contributed by atoms with Crippen LogP contribution in [0.15, 0.2) is 53.5 Å². The van der Waals surface area contributed by atoms with Gasteiger partial charge in [-0.05, 0) is 82.2 Å². The number of piperazine rings is 1. The number of likely N-dealkylation sites (N-methyl/N-ethyl adjacent to an activating group) is 1. The van der Waals surface area contributed by atoms with E-state index in [1.165, 1.54) is 17.7 Å². The second-order valence-corrected chi connectivity index (χ2v) is 18.4. The Hall–Kier alpha value is -6.07. The Morgan fingerprint density at radius 1 is 0.969 bits per heavy atom. The predicted octanol–water partition coefficient (Wildman–Crippen LogP) is 4.86.